The molecule has 108 valence electrons. The van der Waals surface area contributed by atoms with E-state index in [1.165, 1.54) is 25.1 Å². The summed E-state index contributed by atoms with van der Waals surface area (Å²) in [5.74, 6) is 1.17. The molecule has 0 unspecified atom stereocenters. The minimum atomic E-state index is 0.0553. The minimum absolute atomic E-state index is 0.0553. The molecule has 1 fully saturated rings. The van der Waals surface area contributed by atoms with E-state index in [9.17, 15) is 0 Å². The third kappa shape index (κ3) is 2.13. The largest absolute Gasteiger partial charge is 0.329 e. The van der Waals surface area contributed by atoms with Gasteiger partial charge in [-0.2, -0.15) is 0 Å². The molecule has 4 heteroatoms. The van der Waals surface area contributed by atoms with Gasteiger partial charge in [-0.25, -0.2) is 4.98 Å². The lowest BCUT2D eigenvalue weighted by molar-refractivity contribution is 0.278. The number of aromatic nitrogens is 2. The van der Waals surface area contributed by atoms with E-state index < -0.39 is 0 Å². The Morgan fingerprint density at radius 2 is 2.05 bits per heavy atom. The van der Waals surface area contributed by atoms with Gasteiger partial charge in [-0.15, -0.1) is 0 Å². The van der Waals surface area contributed by atoms with Crippen LogP contribution in [0.3, 0.4) is 0 Å². The maximum Gasteiger partial charge on any atom is 0.117 e. The summed E-state index contributed by atoms with van der Waals surface area (Å²) in [6.45, 7) is 3.76. The molecule has 1 aliphatic carbocycles. The van der Waals surface area contributed by atoms with Crippen LogP contribution >= 0.6 is 11.6 Å². The molecular weight excluding hydrogens is 270 g/mol. The average Bonchev–Trinajstić information content (AvgIpc) is 2.86. The monoisotopic (exact) mass is 291 g/mol. The molecule has 0 aliphatic heterocycles. The Hall–Kier alpha value is -1.06. The second-order valence-electron chi connectivity index (χ2n) is 5.86. The number of fused-ring (bicyclic) bond motifs is 1. The molecule has 0 spiro atoms. The van der Waals surface area contributed by atoms with E-state index in [0.29, 0.717) is 6.54 Å². The predicted molar refractivity (Wildman–Crippen MR) is 84.2 cm³/mol. The molecule has 1 aromatic carbocycles. The van der Waals surface area contributed by atoms with E-state index in [0.717, 1.165) is 35.4 Å². The Bertz CT molecular complexity index is 611. The Balaban J connectivity index is 2.19. The summed E-state index contributed by atoms with van der Waals surface area (Å²) in [6.07, 6.45) is 6.14. The molecule has 2 N–H and O–H groups in total. The Morgan fingerprint density at radius 3 is 2.70 bits per heavy atom. The molecule has 0 saturated heterocycles. The van der Waals surface area contributed by atoms with Crippen molar-refractivity contribution in [3.8, 4) is 0 Å². The van der Waals surface area contributed by atoms with Crippen LogP contribution in [0.15, 0.2) is 18.2 Å². The van der Waals surface area contributed by atoms with E-state index >= 15 is 0 Å². The van der Waals surface area contributed by atoms with Crippen LogP contribution in [0.25, 0.3) is 11.0 Å². The van der Waals surface area contributed by atoms with Gasteiger partial charge in [0.15, 0.2) is 0 Å². The lowest BCUT2D eigenvalue weighted by Gasteiger charge is -2.35. The second-order valence-corrected chi connectivity index (χ2v) is 6.29. The summed E-state index contributed by atoms with van der Waals surface area (Å²) in [5, 5.41) is 0.768. The summed E-state index contributed by atoms with van der Waals surface area (Å²) in [7, 11) is 0. The number of imidazole rings is 1. The van der Waals surface area contributed by atoms with Gasteiger partial charge < -0.3 is 10.3 Å². The maximum atomic E-state index is 6.17. The normalized spacial score (nSPS) is 18.6. The van der Waals surface area contributed by atoms with Crippen molar-refractivity contribution in [3.05, 3.63) is 29.0 Å². The topological polar surface area (TPSA) is 43.8 Å². The molecule has 1 heterocycles. The van der Waals surface area contributed by atoms with E-state index in [2.05, 4.69) is 11.5 Å². The van der Waals surface area contributed by atoms with Gasteiger partial charge in [0.05, 0.1) is 11.0 Å². The Labute approximate surface area is 125 Å². The highest BCUT2D eigenvalue weighted by Crippen LogP contribution is 2.39. The molecule has 3 nitrogen and oxygen atoms in total. The van der Waals surface area contributed by atoms with Gasteiger partial charge in [-0.1, -0.05) is 30.9 Å². The van der Waals surface area contributed by atoms with Crippen molar-refractivity contribution in [2.75, 3.05) is 6.54 Å². The van der Waals surface area contributed by atoms with Crippen molar-refractivity contribution in [2.24, 2.45) is 5.73 Å². The maximum absolute atomic E-state index is 6.17. The number of nitrogens with two attached hydrogens (primary N) is 1. The first-order chi connectivity index (χ1) is 9.70. The summed E-state index contributed by atoms with van der Waals surface area (Å²) < 4.78 is 2.30. The highest BCUT2D eigenvalue weighted by molar-refractivity contribution is 6.31. The van der Waals surface area contributed by atoms with Gasteiger partial charge in [-0.3, -0.25) is 0 Å². The standard InChI is InChI=1S/C16H22ClN3/c1-2-20-14-10-12(17)6-7-13(14)19-15(20)16(11-18)8-4-3-5-9-16/h6-7,10H,2-5,8-9,11,18H2,1H3. The number of hydrogen-bond acceptors (Lipinski definition) is 2. The molecule has 1 aliphatic rings. The van der Waals surface area contributed by atoms with Crippen molar-refractivity contribution < 1.29 is 0 Å². The molecule has 0 amide bonds. The number of nitrogens with zero attached hydrogens (tertiary/aromatic N) is 2. The second kappa shape index (κ2) is 5.38. The van der Waals surface area contributed by atoms with Gasteiger partial charge >= 0.3 is 0 Å². The lowest BCUT2D eigenvalue weighted by atomic mass is 9.73. The molecule has 1 aromatic heterocycles. The quantitative estimate of drug-likeness (QED) is 0.933. The van der Waals surface area contributed by atoms with Crippen LogP contribution in [0.4, 0.5) is 0 Å². The third-order valence-electron chi connectivity index (χ3n) is 4.70. The van der Waals surface area contributed by atoms with Crippen molar-refractivity contribution in [1.29, 1.82) is 0 Å². The first-order valence-corrected chi connectivity index (χ1v) is 7.94. The summed E-state index contributed by atoms with van der Waals surface area (Å²) in [6, 6.07) is 5.95. The van der Waals surface area contributed by atoms with Gasteiger partial charge in [-0.05, 0) is 38.0 Å². The van der Waals surface area contributed by atoms with Crippen LogP contribution in [0, 0.1) is 0 Å². The number of halogens is 1. The molecule has 3 rings (SSSR count). The molecule has 0 radical (unpaired) electrons. The summed E-state index contributed by atoms with van der Waals surface area (Å²) >= 11 is 6.15. The zero-order valence-electron chi connectivity index (χ0n) is 12.0. The molecule has 20 heavy (non-hydrogen) atoms. The first-order valence-electron chi connectivity index (χ1n) is 7.56. The van der Waals surface area contributed by atoms with Crippen LogP contribution in [0.1, 0.15) is 44.9 Å². The van der Waals surface area contributed by atoms with Gasteiger partial charge in [0.1, 0.15) is 5.82 Å². The van der Waals surface area contributed by atoms with Crippen LogP contribution < -0.4 is 5.73 Å². The van der Waals surface area contributed by atoms with E-state index in [4.69, 9.17) is 22.3 Å². The van der Waals surface area contributed by atoms with Gasteiger partial charge in [0, 0.05) is 23.5 Å². The molecular formula is C16H22ClN3. The van der Waals surface area contributed by atoms with E-state index in [1.54, 1.807) is 0 Å². The van der Waals surface area contributed by atoms with Gasteiger partial charge in [0.2, 0.25) is 0 Å². The van der Waals surface area contributed by atoms with Gasteiger partial charge in [0.25, 0.3) is 0 Å². The lowest BCUT2D eigenvalue weighted by Crippen LogP contribution is -2.39. The first kappa shape index (κ1) is 13.9. The van der Waals surface area contributed by atoms with Crippen LogP contribution in [-0.2, 0) is 12.0 Å². The minimum Gasteiger partial charge on any atom is -0.329 e. The number of rotatable bonds is 3. The molecule has 0 bridgehead atoms. The fourth-order valence-corrected chi connectivity index (χ4v) is 3.73. The molecule has 2 aromatic rings. The Kier molecular flexibility index (Phi) is 3.74. The molecule has 0 atom stereocenters. The predicted octanol–water partition coefficient (Wildman–Crippen LogP) is 3.87. The number of benzene rings is 1. The fourth-order valence-electron chi connectivity index (χ4n) is 3.57. The van der Waals surface area contributed by atoms with E-state index in [-0.39, 0.29) is 5.41 Å². The third-order valence-corrected chi connectivity index (χ3v) is 4.94. The fraction of sp³-hybridized carbons (Fsp3) is 0.562. The van der Waals surface area contributed by atoms with Crippen molar-refractivity contribution in [2.45, 2.75) is 51.0 Å². The highest BCUT2D eigenvalue weighted by atomic mass is 35.5. The molecule has 1 saturated carbocycles. The summed E-state index contributed by atoms with van der Waals surface area (Å²) in [5.41, 5.74) is 8.39. The van der Waals surface area contributed by atoms with Crippen molar-refractivity contribution in [1.82, 2.24) is 9.55 Å². The highest BCUT2D eigenvalue weighted by Gasteiger charge is 2.37. The SMILES string of the molecule is CCn1c(C2(CN)CCCCC2)nc2ccc(Cl)cc21. The summed E-state index contributed by atoms with van der Waals surface area (Å²) in [4.78, 5) is 4.92. The Morgan fingerprint density at radius 1 is 1.30 bits per heavy atom. The zero-order chi connectivity index (χ0) is 14.2. The number of hydrogen-bond donors (Lipinski definition) is 1. The van der Waals surface area contributed by atoms with Crippen molar-refractivity contribution in [3.63, 3.8) is 0 Å². The van der Waals surface area contributed by atoms with E-state index in [1.807, 2.05) is 18.2 Å². The van der Waals surface area contributed by atoms with Crippen molar-refractivity contribution >= 4 is 22.6 Å². The zero-order valence-corrected chi connectivity index (χ0v) is 12.8. The van der Waals surface area contributed by atoms with Crippen LogP contribution in [0.2, 0.25) is 5.02 Å². The van der Waals surface area contributed by atoms with Crippen LogP contribution in [0.5, 0.6) is 0 Å². The van der Waals surface area contributed by atoms with Crippen LogP contribution in [-0.4, -0.2) is 16.1 Å². The smallest absolute Gasteiger partial charge is 0.117 e. The average molecular weight is 292 g/mol. The number of aryl methyl sites for hydroxylation is 1.